The predicted octanol–water partition coefficient (Wildman–Crippen LogP) is 0.883. The van der Waals surface area contributed by atoms with E-state index in [-0.39, 0.29) is 23.9 Å². The Balaban J connectivity index is 1.93. The highest BCUT2D eigenvalue weighted by atomic mass is 16.5. The summed E-state index contributed by atoms with van der Waals surface area (Å²) in [7, 11) is 0. The van der Waals surface area contributed by atoms with Gasteiger partial charge in [0.2, 0.25) is 5.91 Å². The second kappa shape index (κ2) is 6.63. The monoisotopic (exact) mass is 263 g/mol. The number of nitrogens with one attached hydrogen (secondary N) is 2. The van der Waals surface area contributed by atoms with Crippen LogP contribution in [0.15, 0.2) is 24.5 Å². The predicted molar refractivity (Wildman–Crippen MR) is 72.6 cm³/mol. The van der Waals surface area contributed by atoms with E-state index in [2.05, 4.69) is 15.6 Å². The third-order valence-electron chi connectivity index (χ3n) is 3.45. The van der Waals surface area contributed by atoms with Gasteiger partial charge in [0.25, 0.3) is 0 Å². The number of carbonyl (C=O) groups excluding carboxylic acids is 1. The quantitative estimate of drug-likeness (QED) is 0.828. The van der Waals surface area contributed by atoms with Crippen LogP contribution in [-0.4, -0.2) is 36.7 Å². The van der Waals surface area contributed by atoms with Gasteiger partial charge in [-0.3, -0.25) is 9.78 Å². The van der Waals surface area contributed by atoms with Crippen LogP contribution in [0.5, 0.6) is 0 Å². The molecular formula is C14H21N3O2. The van der Waals surface area contributed by atoms with Crippen molar-refractivity contribution in [3.05, 3.63) is 30.1 Å². The number of pyridine rings is 1. The maximum Gasteiger partial charge on any atom is 0.227 e. The molecule has 1 aromatic heterocycles. The second-order valence-corrected chi connectivity index (χ2v) is 4.82. The molecule has 3 atom stereocenters. The third kappa shape index (κ3) is 3.52. The lowest BCUT2D eigenvalue weighted by molar-refractivity contribution is -0.126. The number of carbonyl (C=O) groups is 1. The number of likely N-dealkylation sites (N-methyl/N-ethyl adjacent to an activating group) is 1. The lowest BCUT2D eigenvalue weighted by atomic mass is 10.0. The van der Waals surface area contributed by atoms with Gasteiger partial charge in [-0.05, 0) is 31.2 Å². The Hall–Kier alpha value is -1.46. The summed E-state index contributed by atoms with van der Waals surface area (Å²) < 4.78 is 5.40. The Bertz CT molecular complexity index is 410. The van der Waals surface area contributed by atoms with E-state index in [4.69, 9.17) is 4.74 Å². The van der Waals surface area contributed by atoms with Gasteiger partial charge < -0.3 is 15.4 Å². The largest absolute Gasteiger partial charge is 0.379 e. The van der Waals surface area contributed by atoms with Crippen molar-refractivity contribution < 1.29 is 9.53 Å². The fraction of sp³-hybridized carbons (Fsp3) is 0.571. The van der Waals surface area contributed by atoms with Gasteiger partial charge >= 0.3 is 0 Å². The Kier molecular flexibility index (Phi) is 4.87. The Morgan fingerprint density at radius 2 is 2.21 bits per heavy atom. The molecule has 2 N–H and O–H groups in total. The Morgan fingerprint density at radius 1 is 1.47 bits per heavy atom. The van der Waals surface area contributed by atoms with Gasteiger partial charge in [-0.1, -0.05) is 6.92 Å². The molecular weight excluding hydrogens is 242 g/mol. The molecule has 0 bridgehead atoms. The zero-order valence-electron chi connectivity index (χ0n) is 11.4. The van der Waals surface area contributed by atoms with Gasteiger partial charge in [-0.15, -0.1) is 0 Å². The van der Waals surface area contributed by atoms with Gasteiger partial charge in [-0.25, -0.2) is 0 Å². The third-order valence-corrected chi connectivity index (χ3v) is 3.45. The van der Waals surface area contributed by atoms with Crippen LogP contribution < -0.4 is 10.6 Å². The molecule has 1 amide bonds. The molecule has 19 heavy (non-hydrogen) atoms. The van der Waals surface area contributed by atoms with E-state index in [0.29, 0.717) is 13.2 Å². The average molecular weight is 263 g/mol. The van der Waals surface area contributed by atoms with E-state index < -0.39 is 0 Å². The van der Waals surface area contributed by atoms with E-state index in [1.165, 1.54) is 0 Å². The highest BCUT2D eigenvalue weighted by Gasteiger charge is 2.33. The molecule has 5 heteroatoms. The maximum absolute atomic E-state index is 12.3. The molecule has 2 rings (SSSR count). The van der Waals surface area contributed by atoms with Crippen molar-refractivity contribution in [2.75, 3.05) is 19.8 Å². The van der Waals surface area contributed by atoms with Crippen LogP contribution >= 0.6 is 0 Å². The summed E-state index contributed by atoms with van der Waals surface area (Å²) in [5.74, 6) is -0.0583. The fourth-order valence-electron chi connectivity index (χ4n) is 2.33. The van der Waals surface area contributed by atoms with Crippen molar-refractivity contribution >= 4 is 5.91 Å². The molecule has 5 nitrogen and oxygen atoms in total. The van der Waals surface area contributed by atoms with Gasteiger partial charge in [0.05, 0.1) is 25.2 Å². The zero-order valence-corrected chi connectivity index (χ0v) is 11.4. The van der Waals surface area contributed by atoms with E-state index in [9.17, 15) is 4.79 Å². The maximum atomic E-state index is 12.3. The number of rotatable bonds is 5. The van der Waals surface area contributed by atoms with E-state index >= 15 is 0 Å². The van der Waals surface area contributed by atoms with Crippen LogP contribution in [0.25, 0.3) is 0 Å². The van der Waals surface area contributed by atoms with Gasteiger partial charge in [0.15, 0.2) is 0 Å². The Labute approximate surface area is 113 Å². The van der Waals surface area contributed by atoms with Crippen molar-refractivity contribution in [1.29, 1.82) is 0 Å². The molecule has 1 aromatic rings. The summed E-state index contributed by atoms with van der Waals surface area (Å²) in [5, 5.41) is 6.33. The summed E-state index contributed by atoms with van der Waals surface area (Å²) in [6.07, 6.45) is 3.47. The second-order valence-electron chi connectivity index (χ2n) is 4.82. The van der Waals surface area contributed by atoms with Crippen LogP contribution in [0.4, 0.5) is 0 Å². The van der Waals surface area contributed by atoms with Crippen molar-refractivity contribution in [3.8, 4) is 0 Å². The van der Waals surface area contributed by atoms with E-state index in [1.54, 1.807) is 12.4 Å². The van der Waals surface area contributed by atoms with Crippen molar-refractivity contribution in [2.24, 2.45) is 5.92 Å². The minimum atomic E-state index is -0.107. The molecule has 0 saturated carbocycles. The molecule has 0 spiro atoms. The normalized spacial score (nSPS) is 24.1. The van der Waals surface area contributed by atoms with Gasteiger partial charge in [0.1, 0.15) is 0 Å². The minimum absolute atomic E-state index is 0.0154. The SMILES string of the molecule is CCNC1COCC1C(=O)N[C@H](C)c1ccncc1. The van der Waals surface area contributed by atoms with E-state index in [1.807, 2.05) is 26.0 Å². The first-order chi connectivity index (χ1) is 9.22. The molecule has 0 aromatic carbocycles. The van der Waals surface area contributed by atoms with Crippen LogP contribution in [0, 0.1) is 5.92 Å². The van der Waals surface area contributed by atoms with E-state index in [0.717, 1.165) is 12.1 Å². The summed E-state index contributed by atoms with van der Waals surface area (Å²) in [5.41, 5.74) is 1.06. The lowest BCUT2D eigenvalue weighted by Gasteiger charge is -2.21. The molecule has 0 radical (unpaired) electrons. The number of aromatic nitrogens is 1. The number of amides is 1. The topological polar surface area (TPSA) is 63.2 Å². The van der Waals surface area contributed by atoms with Crippen molar-refractivity contribution in [2.45, 2.75) is 25.9 Å². The van der Waals surface area contributed by atoms with Crippen molar-refractivity contribution in [1.82, 2.24) is 15.6 Å². The molecule has 1 aliphatic heterocycles. The lowest BCUT2D eigenvalue weighted by Crippen LogP contribution is -2.44. The Morgan fingerprint density at radius 3 is 2.89 bits per heavy atom. The molecule has 1 saturated heterocycles. The minimum Gasteiger partial charge on any atom is -0.379 e. The number of ether oxygens (including phenoxy) is 1. The average Bonchev–Trinajstić information content (AvgIpc) is 2.88. The van der Waals surface area contributed by atoms with Crippen LogP contribution in [0.2, 0.25) is 0 Å². The number of hydrogen-bond acceptors (Lipinski definition) is 4. The van der Waals surface area contributed by atoms with Gasteiger partial charge in [-0.2, -0.15) is 0 Å². The first-order valence-corrected chi connectivity index (χ1v) is 6.73. The molecule has 104 valence electrons. The summed E-state index contributed by atoms with van der Waals surface area (Å²) >= 11 is 0. The van der Waals surface area contributed by atoms with Crippen LogP contribution in [-0.2, 0) is 9.53 Å². The molecule has 2 unspecified atom stereocenters. The highest BCUT2D eigenvalue weighted by Crippen LogP contribution is 2.17. The first kappa shape index (κ1) is 14.0. The molecule has 1 fully saturated rings. The zero-order chi connectivity index (χ0) is 13.7. The smallest absolute Gasteiger partial charge is 0.227 e. The molecule has 2 heterocycles. The fourth-order valence-corrected chi connectivity index (χ4v) is 2.33. The van der Waals surface area contributed by atoms with Crippen LogP contribution in [0.1, 0.15) is 25.5 Å². The van der Waals surface area contributed by atoms with Crippen molar-refractivity contribution in [3.63, 3.8) is 0 Å². The first-order valence-electron chi connectivity index (χ1n) is 6.73. The molecule has 1 aliphatic rings. The highest BCUT2D eigenvalue weighted by molar-refractivity contribution is 5.80. The summed E-state index contributed by atoms with van der Waals surface area (Å²) in [6, 6.07) is 3.93. The van der Waals surface area contributed by atoms with Crippen LogP contribution in [0.3, 0.4) is 0 Å². The number of hydrogen-bond donors (Lipinski definition) is 2. The number of nitrogens with zero attached hydrogens (tertiary/aromatic N) is 1. The van der Waals surface area contributed by atoms with Gasteiger partial charge in [0, 0.05) is 18.4 Å². The summed E-state index contributed by atoms with van der Waals surface area (Å²) in [6.45, 7) is 5.96. The summed E-state index contributed by atoms with van der Waals surface area (Å²) in [4.78, 5) is 16.2. The standard InChI is InChI=1S/C14H21N3O2/c1-3-16-13-9-19-8-12(13)14(18)17-10(2)11-4-6-15-7-5-11/h4-7,10,12-13,16H,3,8-9H2,1-2H3,(H,17,18)/t10-,12?,13?/m1/s1. The molecule has 0 aliphatic carbocycles.